The number of halogens is 6. The highest BCUT2D eigenvalue weighted by Crippen LogP contribution is 2.37. The number of hydroxylamine groups is 1. The lowest BCUT2D eigenvalue weighted by Gasteiger charge is -2.16. The van der Waals surface area contributed by atoms with Gasteiger partial charge in [-0.2, -0.15) is 26.3 Å². The number of nitrogens with one attached hydrogen (secondary N) is 2. The lowest BCUT2D eigenvalue weighted by Crippen LogP contribution is -2.26. The van der Waals surface area contributed by atoms with Crippen LogP contribution in [0, 0.1) is 0 Å². The van der Waals surface area contributed by atoms with Crippen molar-refractivity contribution < 1.29 is 36.3 Å². The number of amides is 1. The minimum absolute atomic E-state index is 0.0157. The predicted octanol–water partition coefficient (Wildman–Crippen LogP) is 4.89. The molecule has 0 aliphatic carbocycles. The fourth-order valence-corrected chi connectivity index (χ4v) is 2.52. The summed E-state index contributed by atoms with van der Waals surface area (Å²) in [5.74, 6) is -0.867. The summed E-state index contributed by atoms with van der Waals surface area (Å²) in [6.07, 6.45) is -9.82. The van der Waals surface area contributed by atoms with Gasteiger partial charge in [0.2, 0.25) is 0 Å². The summed E-state index contributed by atoms with van der Waals surface area (Å²) in [4.78, 5) is 12.5. The van der Waals surface area contributed by atoms with Crippen LogP contribution in [0.25, 0.3) is 0 Å². The van der Waals surface area contributed by atoms with Gasteiger partial charge in [-0.25, -0.2) is 5.48 Å². The molecule has 0 bridgehead atoms. The Morgan fingerprint density at radius 1 is 1.00 bits per heavy atom. The highest BCUT2D eigenvalue weighted by atomic mass is 19.4. The maximum absolute atomic E-state index is 12.9. The third-order valence-corrected chi connectivity index (χ3v) is 3.85. The fourth-order valence-electron chi connectivity index (χ4n) is 2.52. The SMILES string of the molecule is C[C@@H](Cc1ccccc1C(=O)Nc1cc(C(F)(F)F)cc(C(F)(F)F)c1)NO. The van der Waals surface area contributed by atoms with E-state index in [1.54, 1.807) is 19.1 Å². The van der Waals surface area contributed by atoms with E-state index in [2.05, 4.69) is 5.32 Å². The molecule has 2 aromatic rings. The number of carbonyl (C=O) groups is 1. The van der Waals surface area contributed by atoms with Crippen LogP contribution in [-0.2, 0) is 18.8 Å². The first-order valence-electron chi connectivity index (χ1n) is 8.00. The number of anilines is 1. The average molecular weight is 406 g/mol. The van der Waals surface area contributed by atoms with Gasteiger partial charge < -0.3 is 10.5 Å². The van der Waals surface area contributed by atoms with Gasteiger partial charge in [-0.3, -0.25) is 4.79 Å². The summed E-state index contributed by atoms with van der Waals surface area (Å²) in [5, 5.41) is 11.0. The molecule has 0 radical (unpaired) electrons. The molecule has 1 amide bonds. The maximum atomic E-state index is 12.9. The molecule has 0 aromatic heterocycles. The van der Waals surface area contributed by atoms with Gasteiger partial charge in [-0.15, -0.1) is 0 Å². The summed E-state index contributed by atoms with van der Waals surface area (Å²) in [5.41, 5.74) is -1.16. The Labute approximate surface area is 156 Å². The summed E-state index contributed by atoms with van der Waals surface area (Å²) in [6.45, 7) is 1.62. The molecule has 0 aliphatic heterocycles. The number of hydrogen-bond acceptors (Lipinski definition) is 3. The Morgan fingerprint density at radius 3 is 2.04 bits per heavy atom. The quantitative estimate of drug-likeness (QED) is 0.490. The number of rotatable bonds is 5. The van der Waals surface area contributed by atoms with E-state index in [4.69, 9.17) is 5.21 Å². The van der Waals surface area contributed by atoms with Gasteiger partial charge in [0, 0.05) is 17.3 Å². The summed E-state index contributed by atoms with van der Waals surface area (Å²) in [7, 11) is 0. The lowest BCUT2D eigenvalue weighted by molar-refractivity contribution is -0.143. The van der Waals surface area contributed by atoms with Crippen LogP contribution in [0.5, 0.6) is 0 Å². The third-order valence-electron chi connectivity index (χ3n) is 3.85. The molecule has 0 heterocycles. The minimum Gasteiger partial charge on any atom is -0.322 e. The fraction of sp³-hybridized carbons (Fsp3) is 0.278. The second-order valence-corrected chi connectivity index (χ2v) is 6.14. The average Bonchev–Trinajstić information content (AvgIpc) is 2.60. The predicted molar refractivity (Wildman–Crippen MR) is 88.9 cm³/mol. The van der Waals surface area contributed by atoms with Crippen LogP contribution in [0.15, 0.2) is 42.5 Å². The van der Waals surface area contributed by atoms with Crippen LogP contribution >= 0.6 is 0 Å². The van der Waals surface area contributed by atoms with Gasteiger partial charge in [0.05, 0.1) is 11.1 Å². The summed E-state index contributed by atoms with van der Waals surface area (Å²) >= 11 is 0. The zero-order valence-electron chi connectivity index (χ0n) is 14.4. The molecular formula is C18H16F6N2O2. The Hall–Kier alpha value is -2.59. The van der Waals surface area contributed by atoms with Gasteiger partial charge in [0.1, 0.15) is 0 Å². The van der Waals surface area contributed by atoms with E-state index in [1.165, 1.54) is 12.1 Å². The topological polar surface area (TPSA) is 61.4 Å². The van der Waals surface area contributed by atoms with Crippen LogP contribution in [0.1, 0.15) is 34.0 Å². The molecule has 2 rings (SSSR count). The minimum atomic E-state index is -5.01. The van der Waals surface area contributed by atoms with E-state index < -0.39 is 41.1 Å². The van der Waals surface area contributed by atoms with Crippen molar-refractivity contribution in [1.82, 2.24) is 5.48 Å². The highest BCUT2D eigenvalue weighted by Gasteiger charge is 2.37. The Kier molecular flexibility index (Phi) is 6.35. The highest BCUT2D eigenvalue weighted by molar-refractivity contribution is 6.05. The number of hydrogen-bond donors (Lipinski definition) is 3. The van der Waals surface area contributed by atoms with Gasteiger partial charge in [0.15, 0.2) is 0 Å². The zero-order chi connectivity index (χ0) is 21.1. The zero-order valence-corrected chi connectivity index (χ0v) is 14.4. The molecule has 1 atom stereocenters. The normalized spacial score (nSPS) is 13.3. The van der Waals surface area contributed by atoms with Crippen LogP contribution < -0.4 is 10.8 Å². The molecule has 2 aromatic carbocycles. The molecule has 0 saturated carbocycles. The van der Waals surface area contributed by atoms with E-state index in [0.717, 1.165) is 0 Å². The van der Waals surface area contributed by atoms with Crippen LogP contribution in [-0.4, -0.2) is 17.2 Å². The van der Waals surface area contributed by atoms with Gasteiger partial charge >= 0.3 is 12.4 Å². The van der Waals surface area contributed by atoms with Crippen molar-refractivity contribution in [1.29, 1.82) is 0 Å². The van der Waals surface area contributed by atoms with Crippen LogP contribution in [0.2, 0.25) is 0 Å². The first-order chi connectivity index (χ1) is 12.9. The molecule has 4 nitrogen and oxygen atoms in total. The Morgan fingerprint density at radius 2 is 1.54 bits per heavy atom. The second kappa shape index (κ2) is 8.19. The van der Waals surface area contributed by atoms with Crippen molar-refractivity contribution in [2.24, 2.45) is 0 Å². The van der Waals surface area contributed by atoms with Crippen molar-refractivity contribution >= 4 is 11.6 Å². The molecule has 3 N–H and O–H groups in total. The Bertz CT molecular complexity index is 816. The number of alkyl halides is 6. The third kappa shape index (κ3) is 5.46. The van der Waals surface area contributed by atoms with Crippen molar-refractivity contribution in [3.63, 3.8) is 0 Å². The molecular weight excluding hydrogens is 390 g/mol. The molecule has 152 valence electrons. The standard InChI is InChI=1S/C18H16F6N2O2/c1-10(26-28)6-11-4-2-3-5-15(11)16(27)25-14-8-12(17(19,20)21)7-13(9-14)18(22,23)24/h2-5,7-10,26,28H,6H2,1H3,(H,25,27)/t10-/m0/s1. The number of benzene rings is 2. The molecule has 10 heteroatoms. The van der Waals surface area contributed by atoms with E-state index in [-0.39, 0.29) is 18.1 Å². The molecule has 0 unspecified atom stereocenters. The maximum Gasteiger partial charge on any atom is 0.416 e. The largest absolute Gasteiger partial charge is 0.416 e. The van der Waals surface area contributed by atoms with Crippen molar-refractivity contribution in [3.05, 3.63) is 64.7 Å². The molecule has 28 heavy (non-hydrogen) atoms. The monoisotopic (exact) mass is 406 g/mol. The van der Waals surface area contributed by atoms with E-state index in [9.17, 15) is 31.1 Å². The number of carbonyl (C=O) groups excluding carboxylic acids is 1. The summed E-state index contributed by atoms with van der Waals surface area (Å²) in [6, 6.07) is 6.49. The van der Waals surface area contributed by atoms with Crippen molar-refractivity contribution in [2.45, 2.75) is 31.7 Å². The van der Waals surface area contributed by atoms with Crippen LogP contribution in [0.4, 0.5) is 32.0 Å². The van der Waals surface area contributed by atoms with Crippen molar-refractivity contribution in [2.75, 3.05) is 5.32 Å². The molecule has 0 saturated heterocycles. The van der Waals surface area contributed by atoms with Gasteiger partial charge in [-0.1, -0.05) is 18.2 Å². The van der Waals surface area contributed by atoms with Crippen molar-refractivity contribution in [3.8, 4) is 0 Å². The summed E-state index contributed by atoms with van der Waals surface area (Å²) < 4.78 is 77.6. The molecule has 0 fully saturated rings. The van der Waals surface area contributed by atoms with E-state index >= 15 is 0 Å². The van der Waals surface area contributed by atoms with E-state index in [0.29, 0.717) is 17.7 Å². The first-order valence-corrected chi connectivity index (χ1v) is 8.00. The second-order valence-electron chi connectivity index (χ2n) is 6.14. The first kappa shape index (κ1) is 21.7. The molecule has 0 spiro atoms. The molecule has 0 aliphatic rings. The Balaban J connectivity index is 2.39. The van der Waals surface area contributed by atoms with Gasteiger partial charge in [0.25, 0.3) is 5.91 Å². The van der Waals surface area contributed by atoms with Gasteiger partial charge in [-0.05, 0) is 43.2 Å². The smallest absolute Gasteiger partial charge is 0.322 e. The lowest BCUT2D eigenvalue weighted by atomic mass is 10.0. The van der Waals surface area contributed by atoms with Crippen LogP contribution in [0.3, 0.4) is 0 Å². The van der Waals surface area contributed by atoms with E-state index in [1.807, 2.05) is 5.48 Å².